The van der Waals surface area contributed by atoms with E-state index in [2.05, 4.69) is 10.3 Å². The van der Waals surface area contributed by atoms with Crippen LogP contribution in [-0.4, -0.2) is 20.4 Å². The van der Waals surface area contributed by atoms with Crippen molar-refractivity contribution in [3.63, 3.8) is 0 Å². The van der Waals surface area contributed by atoms with Crippen LogP contribution in [0.1, 0.15) is 10.4 Å². The first-order chi connectivity index (χ1) is 9.24. The van der Waals surface area contributed by atoms with Gasteiger partial charge in [0.05, 0.1) is 5.56 Å². The number of carbonyl (C=O) groups is 1. The Morgan fingerprint density at radius 2 is 2.11 bits per heavy atom. The molecule has 1 aromatic carbocycles. The molecule has 3 rings (SSSR count). The minimum Gasteiger partial charge on any atom is -0.508 e. The molecule has 2 heterocycles. The zero-order valence-electron chi connectivity index (χ0n) is 9.95. The number of benzene rings is 1. The number of nitrogens with zero attached hydrogens (tertiary/aromatic N) is 2. The summed E-state index contributed by atoms with van der Waals surface area (Å²) >= 11 is 0. The van der Waals surface area contributed by atoms with Gasteiger partial charge in [0, 0.05) is 30.3 Å². The van der Waals surface area contributed by atoms with E-state index in [0.717, 1.165) is 0 Å². The van der Waals surface area contributed by atoms with Gasteiger partial charge in [-0.25, -0.2) is 4.98 Å². The summed E-state index contributed by atoms with van der Waals surface area (Å²) < 4.78 is 1.78. The zero-order valence-corrected chi connectivity index (χ0v) is 9.95. The van der Waals surface area contributed by atoms with E-state index >= 15 is 0 Å². The highest BCUT2D eigenvalue weighted by atomic mass is 16.3. The van der Waals surface area contributed by atoms with Crippen molar-refractivity contribution in [3.8, 4) is 5.75 Å². The van der Waals surface area contributed by atoms with Crippen molar-refractivity contribution in [3.05, 3.63) is 60.6 Å². The van der Waals surface area contributed by atoms with Crippen LogP contribution in [0.5, 0.6) is 5.75 Å². The molecule has 0 spiro atoms. The smallest absolute Gasteiger partial charge is 0.259 e. The minimum absolute atomic E-state index is 0.108. The summed E-state index contributed by atoms with van der Waals surface area (Å²) in [5.41, 5.74) is 1.62. The molecule has 5 nitrogen and oxygen atoms in total. The summed E-state index contributed by atoms with van der Waals surface area (Å²) in [4.78, 5) is 16.3. The largest absolute Gasteiger partial charge is 0.508 e. The fourth-order valence-electron chi connectivity index (χ4n) is 1.91. The minimum atomic E-state index is -0.262. The molecule has 2 N–H and O–H groups in total. The number of nitrogens with one attached hydrogen (secondary N) is 1. The van der Waals surface area contributed by atoms with Gasteiger partial charge in [-0.2, -0.15) is 0 Å². The van der Waals surface area contributed by atoms with Gasteiger partial charge < -0.3 is 14.8 Å². The highest BCUT2D eigenvalue weighted by molar-refractivity contribution is 6.08. The molecule has 3 aromatic rings. The first kappa shape index (κ1) is 11.3. The predicted molar refractivity (Wildman–Crippen MR) is 71.3 cm³/mol. The fraction of sp³-hybridized carbons (Fsp3) is 0. The Hall–Kier alpha value is -2.82. The predicted octanol–water partition coefficient (Wildman–Crippen LogP) is 2.29. The maximum absolute atomic E-state index is 12.2. The first-order valence-electron chi connectivity index (χ1n) is 5.76. The molecular weight excluding hydrogens is 242 g/mol. The number of aromatic hydroxyl groups is 1. The number of imidazole rings is 1. The van der Waals surface area contributed by atoms with Crippen molar-refractivity contribution in [2.24, 2.45) is 0 Å². The van der Waals surface area contributed by atoms with Gasteiger partial charge in [-0.15, -0.1) is 0 Å². The SMILES string of the molecule is O=C(Nc1cccc(O)c1)c1cccn2ccnc12. The number of hydrogen-bond donors (Lipinski definition) is 2. The van der Waals surface area contributed by atoms with E-state index in [1.165, 1.54) is 6.07 Å². The van der Waals surface area contributed by atoms with Crippen LogP contribution in [-0.2, 0) is 0 Å². The second-order valence-electron chi connectivity index (χ2n) is 4.08. The van der Waals surface area contributed by atoms with Gasteiger partial charge in [-0.3, -0.25) is 4.79 Å². The molecule has 19 heavy (non-hydrogen) atoms. The molecule has 0 aliphatic heterocycles. The van der Waals surface area contributed by atoms with E-state index in [1.807, 2.05) is 6.20 Å². The molecular formula is C14H11N3O2. The van der Waals surface area contributed by atoms with Crippen LogP contribution in [0.2, 0.25) is 0 Å². The maximum Gasteiger partial charge on any atom is 0.259 e. The molecule has 0 atom stereocenters. The lowest BCUT2D eigenvalue weighted by Gasteiger charge is -2.06. The summed E-state index contributed by atoms with van der Waals surface area (Å²) in [5.74, 6) is -0.154. The molecule has 0 fully saturated rings. The van der Waals surface area contributed by atoms with Gasteiger partial charge in [0.25, 0.3) is 5.91 Å². The monoisotopic (exact) mass is 253 g/mol. The van der Waals surface area contributed by atoms with Gasteiger partial charge in [0.2, 0.25) is 0 Å². The van der Waals surface area contributed by atoms with E-state index < -0.39 is 0 Å². The highest BCUT2D eigenvalue weighted by Gasteiger charge is 2.11. The van der Waals surface area contributed by atoms with Crippen molar-refractivity contribution in [1.82, 2.24) is 9.38 Å². The first-order valence-corrected chi connectivity index (χ1v) is 5.76. The summed E-state index contributed by atoms with van der Waals surface area (Å²) in [6.07, 6.45) is 5.24. The number of pyridine rings is 1. The van der Waals surface area contributed by atoms with E-state index in [1.54, 1.807) is 47.1 Å². The summed E-state index contributed by atoms with van der Waals surface area (Å²) in [6.45, 7) is 0. The van der Waals surface area contributed by atoms with Gasteiger partial charge in [0.15, 0.2) is 0 Å². The Kier molecular flexibility index (Phi) is 2.64. The van der Waals surface area contributed by atoms with E-state index in [9.17, 15) is 9.90 Å². The number of fused-ring (bicyclic) bond motifs is 1. The number of rotatable bonds is 2. The van der Waals surface area contributed by atoms with E-state index in [-0.39, 0.29) is 11.7 Å². The normalized spacial score (nSPS) is 10.5. The average Bonchev–Trinajstić information content (AvgIpc) is 2.86. The van der Waals surface area contributed by atoms with Crippen molar-refractivity contribution in [1.29, 1.82) is 0 Å². The number of hydrogen-bond acceptors (Lipinski definition) is 3. The molecule has 0 radical (unpaired) electrons. The number of anilines is 1. The summed E-state index contributed by atoms with van der Waals surface area (Å²) in [5, 5.41) is 12.1. The van der Waals surface area contributed by atoms with Crippen molar-refractivity contribution in [2.75, 3.05) is 5.32 Å². The molecule has 1 amide bonds. The molecule has 0 unspecified atom stereocenters. The highest BCUT2D eigenvalue weighted by Crippen LogP contribution is 2.17. The topological polar surface area (TPSA) is 66.6 Å². The lowest BCUT2D eigenvalue weighted by molar-refractivity contribution is 0.102. The van der Waals surface area contributed by atoms with Gasteiger partial charge >= 0.3 is 0 Å². The number of phenolic OH excluding ortho intramolecular Hbond substituents is 1. The Labute approximate surface area is 109 Å². The third kappa shape index (κ3) is 2.13. The van der Waals surface area contributed by atoms with Crippen molar-refractivity contribution in [2.45, 2.75) is 0 Å². The molecule has 94 valence electrons. The van der Waals surface area contributed by atoms with E-state index in [0.29, 0.717) is 16.9 Å². The van der Waals surface area contributed by atoms with Gasteiger partial charge in [-0.05, 0) is 24.3 Å². The van der Waals surface area contributed by atoms with Crippen LogP contribution in [0.15, 0.2) is 55.0 Å². The average molecular weight is 253 g/mol. The number of phenols is 1. The third-order valence-corrected chi connectivity index (χ3v) is 2.77. The lowest BCUT2D eigenvalue weighted by atomic mass is 10.2. The second-order valence-corrected chi connectivity index (χ2v) is 4.08. The Morgan fingerprint density at radius 3 is 2.95 bits per heavy atom. The van der Waals surface area contributed by atoms with Gasteiger partial charge in [0.1, 0.15) is 11.4 Å². The Morgan fingerprint density at radius 1 is 1.21 bits per heavy atom. The number of carbonyl (C=O) groups excluding carboxylic acids is 1. The van der Waals surface area contributed by atoms with E-state index in [4.69, 9.17) is 0 Å². The lowest BCUT2D eigenvalue weighted by Crippen LogP contribution is -2.13. The molecule has 0 saturated carbocycles. The van der Waals surface area contributed by atoms with Gasteiger partial charge in [-0.1, -0.05) is 6.07 Å². The maximum atomic E-state index is 12.2. The standard InChI is InChI=1S/C14H11N3O2/c18-11-4-1-3-10(9-11)16-14(19)12-5-2-7-17-8-6-15-13(12)17/h1-9,18H,(H,16,19). The number of amides is 1. The van der Waals surface area contributed by atoms with Crippen LogP contribution in [0.25, 0.3) is 5.65 Å². The molecule has 5 heteroatoms. The molecule has 0 aliphatic rings. The number of aromatic nitrogens is 2. The van der Waals surface area contributed by atoms with Crippen molar-refractivity contribution < 1.29 is 9.90 Å². The molecule has 0 bridgehead atoms. The van der Waals surface area contributed by atoms with Crippen LogP contribution < -0.4 is 5.32 Å². The van der Waals surface area contributed by atoms with Crippen LogP contribution in [0.4, 0.5) is 5.69 Å². The van der Waals surface area contributed by atoms with Crippen molar-refractivity contribution >= 4 is 17.2 Å². The quantitative estimate of drug-likeness (QED) is 0.736. The third-order valence-electron chi connectivity index (χ3n) is 2.77. The molecule has 2 aromatic heterocycles. The molecule has 0 aliphatic carbocycles. The molecule has 0 saturated heterocycles. The van der Waals surface area contributed by atoms with Crippen LogP contribution in [0, 0.1) is 0 Å². The van der Waals surface area contributed by atoms with Crippen LogP contribution in [0.3, 0.4) is 0 Å². The van der Waals surface area contributed by atoms with Crippen LogP contribution >= 0.6 is 0 Å². The Bertz CT molecular complexity index is 749. The second kappa shape index (κ2) is 4.45. The zero-order chi connectivity index (χ0) is 13.2. The fourth-order valence-corrected chi connectivity index (χ4v) is 1.91. The summed E-state index contributed by atoms with van der Waals surface area (Å²) in [6, 6.07) is 9.91. The summed E-state index contributed by atoms with van der Waals surface area (Å²) in [7, 11) is 0. The Balaban J connectivity index is 1.94.